The molecule has 1 atom stereocenters. The second-order valence-corrected chi connectivity index (χ2v) is 9.48. The van der Waals surface area contributed by atoms with Crippen molar-refractivity contribution in [2.24, 2.45) is 5.92 Å². The van der Waals surface area contributed by atoms with Crippen LogP contribution in [0, 0.1) is 5.92 Å². The lowest BCUT2D eigenvalue weighted by molar-refractivity contribution is 0.0944. The number of carbonyl (C=O) groups is 1. The lowest BCUT2D eigenvalue weighted by Gasteiger charge is -2.31. The molecule has 1 aromatic heterocycles. The highest BCUT2D eigenvalue weighted by Crippen LogP contribution is 2.29. The highest BCUT2D eigenvalue weighted by atomic mass is 32.2. The average molecular weight is 357 g/mol. The molecule has 1 N–H and O–H groups in total. The summed E-state index contributed by atoms with van der Waals surface area (Å²) in [4.78, 5) is 13.3. The molecule has 0 bridgehead atoms. The van der Waals surface area contributed by atoms with Crippen molar-refractivity contribution in [3.63, 3.8) is 0 Å². The second-order valence-electron chi connectivity index (χ2n) is 6.62. The van der Waals surface area contributed by atoms with Gasteiger partial charge in [-0.15, -0.1) is 11.3 Å². The van der Waals surface area contributed by atoms with Crippen LogP contribution in [0.4, 0.5) is 0 Å². The minimum atomic E-state index is -3.13. The van der Waals surface area contributed by atoms with E-state index in [-0.39, 0.29) is 11.8 Å². The number of carbonyl (C=O) groups excluding carboxylic acids is 1. The molecule has 1 unspecified atom stereocenters. The largest absolute Gasteiger partial charge is 0.351 e. The van der Waals surface area contributed by atoms with E-state index in [0.29, 0.717) is 19.6 Å². The summed E-state index contributed by atoms with van der Waals surface area (Å²) < 4.78 is 24.8. The van der Waals surface area contributed by atoms with Crippen molar-refractivity contribution in [2.75, 3.05) is 25.9 Å². The number of hydrogen-bond acceptors (Lipinski definition) is 4. The topological polar surface area (TPSA) is 66.5 Å². The van der Waals surface area contributed by atoms with Crippen molar-refractivity contribution < 1.29 is 13.2 Å². The molecule has 5 nitrogen and oxygen atoms in total. The van der Waals surface area contributed by atoms with Gasteiger partial charge in [-0.05, 0) is 60.9 Å². The zero-order valence-electron chi connectivity index (χ0n) is 13.5. The van der Waals surface area contributed by atoms with E-state index < -0.39 is 10.0 Å². The van der Waals surface area contributed by atoms with Crippen LogP contribution in [0.5, 0.6) is 0 Å². The molecule has 0 saturated carbocycles. The normalized spacial score (nSPS) is 22.6. The van der Waals surface area contributed by atoms with E-state index in [2.05, 4.69) is 10.7 Å². The number of rotatable bonds is 4. The fourth-order valence-electron chi connectivity index (χ4n) is 3.52. The van der Waals surface area contributed by atoms with E-state index in [9.17, 15) is 13.2 Å². The Bertz CT molecular complexity index is 681. The smallest absolute Gasteiger partial charge is 0.261 e. The molecule has 0 radical (unpaired) electrons. The molecule has 0 aromatic carbocycles. The van der Waals surface area contributed by atoms with Crippen LogP contribution >= 0.6 is 11.3 Å². The number of amides is 1. The van der Waals surface area contributed by atoms with E-state index in [1.165, 1.54) is 28.1 Å². The van der Waals surface area contributed by atoms with E-state index in [1.807, 2.05) is 0 Å². The highest BCUT2D eigenvalue weighted by Gasteiger charge is 2.27. The van der Waals surface area contributed by atoms with Gasteiger partial charge >= 0.3 is 0 Å². The maximum Gasteiger partial charge on any atom is 0.261 e. The Hall–Kier alpha value is -0.920. The number of nitrogens with zero attached hydrogens (tertiary/aromatic N) is 1. The Morgan fingerprint density at radius 2 is 2.13 bits per heavy atom. The molecule has 1 amide bonds. The summed E-state index contributed by atoms with van der Waals surface area (Å²) in [5.74, 6) is 0.216. The van der Waals surface area contributed by atoms with Crippen molar-refractivity contribution in [3.05, 3.63) is 21.4 Å². The zero-order chi connectivity index (χ0) is 16.4. The minimum absolute atomic E-state index is 0.00892. The van der Waals surface area contributed by atoms with Crippen molar-refractivity contribution in [2.45, 2.75) is 38.5 Å². The zero-order valence-corrected chi connectivity index (χ0v) is 15.1. The van der Waals surface area contributed by atoms with Crippen molar-refractivity contribution in [1.82, 2.24) is 9.62 Å². The van der Waals surface area contributed by atoms with Gasteiger partial charge in [0.15, 0.2) is 0 Å². The van der Waals surface area contributed by atoms with Crippen LogP contribution < -0.4 is 5.32 Å². The quantitative estimate of drug-likeness (QED) is 0.898. The Morgan fingerprint density at radius 3 is 2.91 bits per heavy atom. The fourth-order valence-corrected chi connectivity index (χ4v) is 5.54. The summed E-state index contributed by atoms with van der Waals surface area (Å²) in [6.45, 7) is 1.67. The molecule has 3 rings (SSSR count). The average Bonchev–Trinajstić information content (AvgIpc) is 2.96. The summed E-state index contributed by atoms with van der Waals surface area (Å²) in [6, 6.07) is 0. The van der Waals surface area contributed by atoms with Gasteiger partial charge in [0, 0.05) is 19.6 Å². The fraction of sp³-hybridized carbons (Fsp3) is 0.688. The van der Waals surface area contributed by atoms with Gasteiger partial charge in [-0.25, -0.2) is 12.7 Å². The third-order valence-corrected chi connectivity index (χ3v) is 7.15. The Labute approximate surface area is 142 Å². The van der Waals surface area contributed by atoms with Crippen molar-refractivity contribution in [1.29, 1.82) is 0 Å². The molecule has 1 aromatic rings. The third-order valence-electron chi connectivity index (χ3n) is 4.81. The summed E-state index contributed by atoms with van der Waals surface area (Å²) >= 11 is 1.55. The van der Waals surface area contributed by atoms with Crippen LogP contribution in [0.1, 0.15) is 46.5 Å². The first-order valence-corrected chi connectivity index (χ1v) is 11.0. The lowest BCUT2D eigenvalue weighted by Crippen LogP contribution is -2.43. The van der Waals surface area contributed by atoms with Gasteiger partial charge in [0.2, 0.25) is 10.0 Å². The molecule has 2 heterocycles. The van der Waals surface area contributed by atoms with Crippen LogP contribution in [0.15, 0.2) is 5.38 Å². The van der Waals surface area contributed by atoms with E-state index in [4.69, 9.17) is 0 Å². The summed E-state index contributed by atoms with van der Waals surface area (Å²) in [5.41, 5.74) is 2.58. The summed E-state index contributed by atoms with van der Waals surface area (Å²) in [6.07, 6.45) is 7.56. The maximum absolute atomic E-state index is 12.5. The van der Waals surface area contributed by atoms with E-state index in [0.717, 1.165) is 37.0 Å². The number of sulfonamides is 1. The van der Waals surface area contributed by atoms with Crippen LogP contribution in [-0.4, -0.2) is 44.5 Å². The highest BCUT2D eigenvalue weighted by molar-refractivity contribution is 7.88. The van der Waals surface area contributed by atoms with Gasteiger partial charge in [0.1, 0.15) is 0 Å². The van der Waals surface area contributed by atoms with Gasteiger partial charge in [-0.3, -0.25) is 4.79 Å². The van der Waals surface area contributed by atoms with Crippen LogP contribution in [-0.2, 0) is 22.9 Å². The lowest BCUT2D eigenvalue weighted by atomic mass is 9.93. The van der Waals surface area contributed by atoms with Gasteiger partial charge in [0.05, 0.1) is 11.1 Å². The Morgan fingerprint density at radius 1 is 1.35 bits per heavy atom. The predicted octanol–water partition coefficient (Wildman–Crippen LogP) is 2.03. The molecular weight excluding hydrogens is 332 g/mol. The van der Waals surface area contributed by atoms with E-state index in [1.54, 1.807) is 11.3 Å². The summed E-state index contributed by atoms with van der Waals surface area (Å²) in [5, 5.41) is 5.15. The molecule has 1 saturated heterocycles. The summed E-state index contributed by atoms with van der Waals surface area (Å²) in [7, 11) is -3.13. The standard InChI is InChI=1S/C16H24N2O3S2/c1-23(20,21)18-8-4-5-12(10-18)9-17-16(19)15-14-7-3-2-6-13(14)11-22-15/h11-12H,2-10H2,1H3,(H,17,19). The first-order valence-electron chi connectivity index (χ1n) is 8.27. The molecule has 23 heavy (non-hydrogen) atoms. The number of aryl methyl sites for hydroxylation is 1. The minimum Gasteiger partial charge on any atom is -0.351 e. The second kappa shape index (κ2) is 6.91. The van der Waals surface area contributed by atoms with E-state index >= 15 is 0 Å². The van der Waals surface area contributed by atoms with Gasteiger partial charge in [-0.2, -0.15) is 0 Å². The monoisotopic (exact) mass is 356 g/mol. The molecule has 1 fully saturated rings. The number of nitrogens with one attached hydrogen (secondary N) is 1. The van der Waals surface area contributed by atoms with Crippen molar-refractivity contribution in [3.8, 4) is 0 Å². The molecule has 128 valence electrons. The maximum atomic E-state index is 12.5. The molecule has 2 aliphatic rings. The SMILES string of the molecule is CS(=O)(=O)N1CCCC(CNC(=O)c2scc3c2CCCC3)C1. The number of piperidine rings is 1. The first-order chi connectivity index (χ1) is 10.9. The van der Waals surface area contributed by atoms with Gasteiger partial charge in [0.25, 0.3) is 5.91 Å². The number of hydrogen-bond donors (Lipinski definition) is 1. The van der Waals surface area contributed by atoms with Gasteiger partial charge < -0.3 is 5.32 Å². The molecule has 7 heteroatoms. The van der Waals surface area contributed by atoms with Crippen LogP contribution in [0.2, 0.25) is 0 Å². The van der Waals surface area contributed by atoms with Crippen molar-refractivity contribution >= 4 is 27.3 Å². The predicted molar refractivity (Wildman–Crippen MR) is 92.4 cm³/mol. The first kappa shape index (κ1) is 16.9. The third kappa shape index (κ3) is 3.95. The number of fused-ring (bicyclic) bond motifs is 1. The molecular formula is C16H24N2O3S2. The number of thiophene rings is 1. The molecule has 1 aliphatic heterocycles. The van der Waals surface area contributed by atoms with Crippen LogP contribution in [0.3, 0.4) is 0 Å². The molecule has 1 aliphatic carbocycles. The van der Waals surface area contributed by atoms with Gasteiger partial charge in [-0.1, -0.05) is 0 Å². The Kier molecular flexibility index (Phi) is 5.08. The van der Waals surface area contributed by atoms with Crippen LogP contribution in [0.25, 0.3) is 0 Å². The molecule has 0 spiro atoms. The Balaban J connectivity index is 1.58.